The Balaban J connectivity index is 2.15. The number of halogens is 2. The maximum atomic E-state index is 12.5. The summed E-state index contributed by atoms with van der Waals surface area (Å²) < 4.78 is 29.1. The third kappa shape index (κ3) is 5.93. The number of amides is 1. The quantitative estimate of drug-likeness (QED) is 0.670. The number of nitrogens with zero attached hydrogens (tertiary/aromatic N) is 2. The molecular formula is C17H22Cl2N4O3S. The molecule has 0 spiro atoms. The first kappa shape index (κ1) is 21.7. The van der Waals surface area contributed by atoms with Crippen LogP contribution in [0.25, 0.3) is 0 Å². The lowest BCUT2D eigenvalue weighted by atomic mass is 10.2. The van der Waals surface area contributed by atoms with Gasteiger partial charge in [-0.25, -0.2) is 13.1 Å². The second kappa shape index (κ2) is 9.05. The van der Waals surface area contributed by atoms with Gasteiger partial charge >= 0.3 is 0 Å². The molecule has 10 heteroatoms. The first-order chi connectivity index (χ1) is 12.6. The van der Waals surface area contributed by atoms with E-state index in [1.807, 2.05) is 27.1 Å². The van der Waals surface area contributed by atoms with Gasteiger partial charge in [0.1, 0.15) is 4.90 Å². The zero-order valence-electron chi connectivity index (χ0n) is 15.3. The predicted molar refractivity (Wildman–Crippen MR) is 106 cm³/mol. The molecule has 0 atom stereocenters. The molecule has 148 valence electrons. The van der Waals surface area contributed by atoms with Gasteiger partial charge in [-0.15, -0.1) is 0 Å². The summed E-state index contributed by atoms with van der Waals surface area (Å²) in [5.41, 5.74) is 1.03. The van der Waals surface area contributed by atoms with Crippen molar-refractivity contribution in [2.75, 3.05) is 13.1 Å². The second-order valence-corrected chi connectivity index (χ2v) is 9.09. The number of nitrogens with one attached hydrogen (secondary N) is 2. The Bertz CT molecular complexity index is 926. The fourth-order valence-electron chi connectivity index (χ4n) is 2.28. The molecule has 0 saturated heterocycles. The molecule has 1 aromatic heterocycles. The van der Waals surface area contributed by atoms with Crippen LogP contribution < -0.4 is 10.0 Å². The molecule has 0 aliphatic rings. The van der Waals surface area contributed by atoms with Crippen LogP contribution in [0.5, 0.6) is 0 Å². The first-order valence-electron chi connectivity index (χ1n) is 8.34. The SMILES string of the molecule is CC(C)CNS(=O)(=O)c1cc(C(=O)NCCc2cnn(C)c2)c(Cl)cc1Cl. The van der Waals surface area contributed by atoms with Crippen molar-refractivity contribution in [2.45, 2.75) is 25.2 Å². The zero-order valence-corrected chi connectivity index (χ0v) is 17.6. The molecule has 1 amide bonds. The van der Waals surface area contributed by atoms with E-state index in [9.17, 15) is 13.2 Å². The molecule has 2 N–H and O–H groups in total. The lowest BCUT2D eigenvalue weighted by molar-refractivity contribution is 0.0954. The highest BCUT2D eigenvalue weighted by molar-refractivity contribution is 7.89. The molecule has 2 rings (SSSR count). The number of aromatic nitrogens is 2. The van der Waals surface area contributed by atoms with Crippen molar-refractivity contribution in [3.8, 4) is 0 Å². The molecule has 27 heavy (non-hydrogen) atoms. The van der Waals surface area contributed by atoms with Crippen LogP contribution in [-0.4, -0.2) is 37.2 Å². The first-order valence-corrected chi connectivity index (χ1v) is 10.6. The number of aryl methyl sites for hydroxylation is 1. The van der Waals surface area contributed by atoms with E-state index in [1.54, 1.807) is 10.9 Å². The van der Waals surface area contributed by atoms with Crippen LogP contribution in [0.1, 0.15) is 29.8 Å². The molecule has 0 aliphatic heterocycles. The predicted octanol–water partition coefficient (Wildman–Crippen LogP) is 2.63. The van der Waals surface area contributed by atoms with E-state index in [1.165, 1.54) is 12.1 Å². The van der Waals surface area contributed by atoms with Gasteiger partial charge in [0.25, 0.3) is 5.91 Å². The van der Waals surface area contributed by atoms with Crippen molar-refractivity contribution in [3.63, 3.8) is 0 Å². The Hall–Kier alpha value is -1.61. The second-order valence-electron chi connectivity index (χ2n) is 6.54. The van der Waals surface area contributed by atoms with E-state index in [0.29, 0.717) is 13.0 Å². The summed E-state index contributed by atoms with van der Waals surface area (Å²) in [5, 5.41) is 6.83. The fourth-order valence-corrected chi connectivity index (χ4v) is 4.35. The summed E-state index contributed by atoms with van der Waals surface area (Å²) in [6, 6.07) is 2.47. The molecule has 2 aromatic rings. The molecule has 1 aromatic carbocycles. The lowest BCUT2D eigenvalue weighted by Crippen LogP contribution is -2.29. The van der Waals surface area contributed by atoms with Gasteiger partial charge in [-0.2, -0.15) is 5.10 Å². The van der Waals surface area contributed by atoms with Gasteiger partial charge in [0.2, 0.25) is 10.0 Å². The Morgan fingerprint density at radius 2 is 1.96 bits per heavy atom. The van der Waals surface area contributed by atoms with E-state index in [0.717, 1.165) is 5.56 Å². The van der Waals surface area contributed by atoms with E-state index in [4.69, 9.17) is 23.2 Å². The highest BCUT2D eigenvalue weighted by Gasteiger charge is 2.22. The lowest BCUT2D eigenvalue weighted by Gasteiger charge is -2.13. The van der Waals surface area contributed by atoms with Crippen molar-refractivity contribution in [1.29, 1.82) is 0 Å². The standard InChI is InChI=1S/C17H22Cl2N4O3S/c1-11(2)8-22-27(25,26)16-6-13(14(18)7-15(16)19)17(24)20-5-4-12-9-21-23(3)10-12/h6-7,9-11,22H,4-5,8H2,1-3H3,(H,20,24). The topological polar surface area (TPSA) is 93.1 Å². The average Bonchev–Trinajstić information content (AvgIpc) is 2.98. The zero-order chi connectivity index (χ0) is 20.2. The van der Waals surface area contributed by atoms with Crippen molar-refractivity contribution in [1.82, 2.24) is 19.8 Å². The minimum atomic E-state index is -3.85. The molecule has 0 bridgehead atoms. The highest BCUT2D eigenvalue weighted by atomic mass is 35.5. The van der Waals surface area contributed by atoms with Crippen LogP contribution in [0.3, 0.4) is 0 Å². The number of rotatable bonds is 8. The third-order valence-electron chi connectivity index (χ3n) is 3.69. The maximum Gasteiger partial charge on any atom is 0.252 e. The van der Waals surface area contributed by atoms with E-state index >= 15 is 0 Å². The Morgan fingerprint density at radius 3 is 2.56 bits per heavy atom. The normalized spacial score (nSPS) is 11.8. The van der Waals surface area contributed by atoms with Gasteiger partial charge in [0, 0.05) is 26.3 Å². The summed E-state index contributed by atoms with van der Waals surface area (Å²) in [6.07, 6.45) is 4.16. The van der Waals surface area contributed by atoms with Gasteiger partial charge in [-0.05, 0) is 30.0 Å². The number of hydrogen-bond acceptors (Lipinski definition) is 4. The van der Waals surface area contributed by atoms with Crippen LogP contribution in [0, 0.1) is 5.92 Å². The minimum Gasteiger partial charge on any atom is -0.352 e. The summed E-state index contributed by atoms with van der Waals surface area (Å²) >= 11 is 12.1. The molecule has 0 unspecified atom stereocenters. The molecule has 0 fully saturated rings. The fraction of sp³-hybridized carbons (Fsp3) is 0.412. The Morgan fingerprint density at radius 1 is 1.26 bits per heavy atom. The monoisotopic (exact) mass is 432 g/mol. The van der Waals surface area contributed by atoms with E-state index in [2.05, 4.69) is 15.1 Å². The summed E-state index contributed by atoms with van der Waals surface area (Å²) in [7, 11) is -2.04. The summed E-state index contributed by atoms with van der Waals surface area (Å²) in [4.78, 5) is 12.3. The van der Waals surface area contributed by atoms with Crippen LogP contribution in [0.15, 0.2) is 29.4 Å². The molecule has 0 aliphatic carbocycles. The van der Waals surface area contributed by atoms with Crippen LogP contribution in [-0.2, 0) is 23.5 Å². The van der Waals surface area contributed by atoms with E-state index < -0.39 is 15.9 Å². The number of carbonyl (C=O) groups excluding carboxylic acids is 1. The van der Waals surface area contributed by atoms with Crippen LogP contribution >= 0.6 is 23.2 Å². The minimum absolute atomic E-state index is 0.0387. The molecule has 1 heterocycles. The van der Waals surface area contributed by atoms with E-state index in [-0.39, 0.29) is 33.0 Å². The largest absolute Gasteiger partial charge is 0.352 e. The summed E-state index contributed by atoms with van der Waals surface area (Å²) in [6.45, 7) is 4.38. The van der Waals surface area contributed by atoms with Gasteiger partial charge < -0.3 is 5.32 Å². The summed E-state index contributed by atoms with van der Waals surface area (Å²) in [5.74, 6) is -0.345. The van der Waals surface area contributed by atoms with Crippen molar-refractivity contribution >= 4 is 39.1 Å². The highest BCUT2D eigenvalue weighted by Crippen LogP contribution is 2.28. The van der Waals surface area contributed by atoms with Crippen LogP contribution in [0.2, 0.25) is 10.0 Å². The maximum absolute atomic E-state index is 12.5. The van der Waals surface area contributed by atoms with Gasteiger partial charge in [0.15, 0.2) is 0 Å². The number of benzene rings is 1. The average molecular weight is 433 g/mol. The molecule has 0 saturated carbocycles. The van der Waals surface area contributed by atoms with Gasteiger partial charge in [-0.3, -0.25) is 9.48 Å². The number of carbonyl (C=O) groups is 1. The number of sulfonamides is 1. The Kier molecular flexibility index (Phi) is 7.27. The third-order valence-corrected chi connectivity index (χ3v) is 5.90. The van der Waals surface area contributed by atoms with Gasteiger partial charge in [-0.1, -0.05) is 37.0 Å². The van der Waals surface area contributed by atoms with Crippen molar-refractivity contribution in [3.05, 3.63) is 45.7 Å². The molecule has 7 nitrogen and oxygen atoms in total. The number of hydrogen-bond donors (Lipinski definition) is 2. The smallest absolute Gasteiger partial charge is 0.252 e. The molecular weight excluding hydrogens is 411 g/mol. The van der Waals surface area contributed by atoms with Crippen molar-refractivity contribution < 1.29 is 13.2 Å². The van der Waals surface area contributed by atoms with Gasteiger partial charge in [0.05, 0.1) is 21.8 Å². The molecule has 0 radical (unpaired) electrons. The van der Waals surface area contributed by atoms with Crippen molar-refractivity contribution in [2.24, 2.45) is 13.0 Å². The van der Waals surface area contributed by atoms with Crippen LogP contribution in [0.4, 0.5) is 0 Å². The Labute approximate surface area is 169 Å².